The molecule has 6 heteroatoms. The van der Waals surface area contributed by atoms with Gasteiger partial charge in [-0.3, -0.25) is 0 Å². The summed E-state index contributed by atoms with van der Waals surface area (Å²) in [5, 5.41) is 10.4. The molecule has 1 aliphatic rings. The summed E-state index contributed by atoms with van der Waals surface area (Å²) in [5.74, 6) is 1.39. The molecule has 1 heterocycles. The number of methoxy groups -OCH3 is 2. The van der Waals surface area contributed by atoms with Crippen LogP contribution >= 0.6 is 11.6 Å². The fourth-order valence-electron chi connectivity index (χ4n) is 2.48. The van der Waals surface area contributed by atoms with Gasteiger partial charge in [-0.25, -0.2) is 0 Å². The second kappa shape index (κ2) is 5.60. The Morgan fingerprint density at radius 2 is 1.95 bits per heavy atom. The summed E-state index contributed by atoms with van der Waals surface area (Å²) in [4.78, 5) is 0. The highest BCUT2D eigenvalue weighted by Crippen LogP contribution is 2.37. The summed E-state index contributed by atoms with van der Waals surface area (Å²) in [6.45, 7) is 0.367. The number of benzene rings is 2. The van der Waals surface area contributed by atoms with Crippen LogP contribution in [0.15, 0.2) is 30.3 Å². The molecule has 0 aliphatic carbocycles. The minimum absolute atomic E-state index is 0.367. The molecule has 0 fully saturated rings. The first kappa shape index (κ1) is 14.3. The number of rotatable bonds is 3. The van der Waals surface area contributed by atoms with Crippen molar-refractivity contribution in [2.45, 2.75) is 6.61 Å². The van der Waals surface area contributed by atoms with Crippen molar-refractivity contribution in [3.63, 3.8) is 0 Å². The Hall–Kier alpha value is -1.69. The van der Waals surface area contributed by atoms with Crippen molar-refractivity contribution in [1.82, 2.24) is 0 Å². The van der Waals surface area contributed by atoms with E-state index in [1.54, 1.807) is 14.2 Å². The van der Waals surface area contributed by atoms with E-state index in [0.717, 1.165) is 22.2 Å². The van der Waals surface area contributed by atoms with Gasteiger partial charge in [0.15, 0.2) is 0 Å². The van der Waals surface area contributed by atoms with Gasteiger partial charge >= 0.3 is 7.12 Å². The highest BCUT2D eigenvalue weighted by Gasteiger charge is 2.29. The van der Waals surface area contributed by atoms with Gasteiger partial charge in [-0.1, -0.05) is 17.7 Å². The van der Waals surface area contributed by atoms with E-state index < -0.39 is 7.12 Å². The van der Waals surface area contributed by atoms with Crippen LogP contribution in [0.1, 0.15) is 5.56 Å². The molecule has 2 aromatic carbocycles. The van der Waals surface area contributed by atoms with E-state index in [0.29, 0.717) is 23.1 Å². The van der Waals surface area contributed by atoms with Gasteiger partial charge in [0.2, 0.25) is 0 Å². The zero-order valence-electron chi connectivity index (χ0n) is 11.7. The van der Waals surface area contributed by atoms with Crippen LogP contribution in [0, 0.1) is 0 Å². The van der Waals surface area contributed by atoms with Crippen LogP contribution in [0.4, 0.5) is 0 Å². The highest BCUT2D eigenvalue weighted by atomic mass is 35.5. The average Bonchev–Trinajstić information content (AvgIpc) is 2.86. The summed E-state index contributed by atoms with van der Waals surface area (Å²) in [5.41, 5.74) is 3.22. The molecule has 21 heavy (non-hydrogen) atoms. The zero-order valence-corrected chi connectivity index (χ0v) is 12.5. The van der Waals surface area contributed by atoms with Gasteiger partial charge in [0.1, 0.15) is 11.5 Å². The topological polar surface area (TPSA) is 47.9 Å². The van der Waals surface area contributed by atoms with Crippen LogP contribution in [-0.2, 0) is 11.3 Å². The van der Waals surface area contributed by atoms with Crippen molar-refractivity contribution >= 4 is 24.2 Å². The van der Waals surface area contributed by atoms with E-state index in [2.05, 4.69) is 0 Å². The minimum atomic E-state index is -0.910. The smallest absolute Gasteiger partial charge is 0.491 e. The lowest BCUT2D eigenvalue weighted by Crippen LogP contribution is -2.28. The van der Waals surface area contributed by atoms with Crippen molar-refractivity contribution in [2.24, 2.45) is 0 Å². The van der Waals surface area contributed by atoms with E-state index in [-0.39, 0.29) is 0 Å². The Labute approximate surface area is 128 Å². The summed E-state index contributed by atoms with van der Waals surface area (Å²) < 4.78 is 15.9. The molecule has 2 aromatic rings. The minimum Gasteiger partial charge on any atom is -0.497 e. The first-order valence-corrected chi connectivity index (χ1v) is 6.86. The Balaban J connectivity index is 2.18. The third kappa shape index (κ3) is 2.48. The fraction of sp³-hybridized carbons (Fsp3) is 0.200. The largest absolute Gasteiger partial charge is 0.497 e. The quantitative estimate of drug-likeness (QED) is 0.884. The fourth-order valence-corrected chi connectivity index (χ4v) is 2.76. The third-order valence-electron chi connectivity index (χ3n) is 3.59. The lowest BCUT2D eigenvalue weighted by atomic mass is 9.78. The second-order valence-corrected chi connectivity index (χ2v) is 5.17. The van der Waals surface area contributed by atoms with E-state index in [1.165, 1.54) is 0 Å². The van der Waals surface area contributed by atoms with Gasteiger partial charge in [0, 0.05) is 16.1 Å². The number of halogens is 1. The lowest BCUT2D eigenvalue weighted by Gasteiger charge is -2.13. The number of fused-ring (bicyclic) bond motifs is 1. The first-order valence-electron chi connectivity index (χ1n) is 6.48. The molecule has 108 valence electrons. The maximum absolute atomic E-state index is 9.85. The van der Waals surface area contributed by atoms with E-state index in [9.17, 15) is 5.02 Å². The van der Waals surface area contributed by atoms with E-state index >= 15 is 0 Å². The molecule has 0 amide bonds. The van der Waals surface area contributed by atoms with Crippen molar-refractivity contribution < 1.29 is 19.2 Å². The van der Waals surface area contributed by atoms with Gasteiger partial charge in [-0.2, -0.15) is 0 Å². The van der Waals surface area contributed by atoms with Crippen LogP contribution in [0.25, 0.3) is 11.1 Å². The maximum Gasteiger partial charge on any atom is 0.491 e. The summed E-state index contributed by atoms with van der Waals surface area (Å²) in [7, 11) is 2.30. The molecule has 0 atom stereocenters. The van der Waals surface area contributed by atoms with Crippen LogP contribution in [0.5, 0.6) is 11.5 Å². The van der Waals surface area contributed by atoms with Crippen molar-refractivity contribution in [3.8, 4) is 22.6 Å². The molecular weight excluding hydrogens is 290 g/mol. The van der Waals surface area contributed by atoms with Gasteiger partial charge < -0.3 is 19.2 Å². The lowest BCUT2D eigenvalue weighted by molar-refractivity contribution is 0.275. The molecule has 0 saturated heterocycles. The molecule has 1 aliphatic heterocycles. The Kier molecular flexibility index (Phi) is 3.80. The van der Waals surface area contributed by atoms with E-state index in [4.69, 9.17) is 25.7 Å². The summed E-state index contributed by atoms with van der Waals surface area (Å²) >= 11 is 6.38. The van der Waals surface area contributed by atoms with Gasteiger partial charge in [-0.15, -0.1) is 0 Å². The molecule has 0 bridgehead atoms. The Bertz CT molecular complexity index is 690. The number of ether oxygens (including phenoxy) is 2. The second-order valence-electron chi connectivity index (χ2n) is 4.76. The molecular formula is C15H14BClO4. The zero-order chi connectivity index (χ0) is 15.0. The van der Waals surface area contributed by atoms with Crippen molar-refractivity contribution in [3.05, 3.63) is 40.9 Å². The molecule has 0 saturated carbocycles. The monoisotopic (exact) mass is 304 g/mol. The predicted octanol–water partition coefficient (Wildman–Crippen LogP) is 2.24. The molecule has 0 radical (unpaired) electrons. The van der Waals surface area contributed by atoms with Crippen LogP contribution < -0.4 is 14.9 Å². The standard InChI is InChI=1S/C15H14BClO4/c1-19-10-3-4-15(20-2)12(6-10)11-7-13-9(5-14(11)17)8-21-16(13)18/h3-7,18H,8H2,1-2H3. The summed E-state index contributed by atoms with van der Waals surface area (Å²) in [6, 6.07) is 9.16. The normalized spacial score (nSPS) is 13.2. The van der Waals surface area contributed by atoms with Crippen LogP contribution in [-0.4, -0.2) is 26.4 Å². The van der Waals surface area contributed by atoms with Gasteiger partial charge in [0.05, 0.1) is 20.8 Å². The SMILES string of the molecule is COc1ccc(OC)c(-c2cc3c(cc2Cl)COB3O)c1. The van der Waals surface area contributed by atoms with Crippen LogP contribution in [0.2, 0.25) is 5.02 Å². The molecule has 4 nitrogen and oxygen atoms in total. The molecule has 3 rings (SSSR count). The number of hydrogen-bond donors (Lipinski definition) is 1. The summed E-state index contributed by atoms with van der Waals surface area (Å²) in [6.07, 6.45) is 0. The molecule has 0 unspecified atom stereocenters. The van der Waals surface area contributed by atoms with E-state index in [1.807, 2.05) is 30.3 Å². The first-order chi connectivity index (χ1) is 10.1. The average molecular weight is 305 g/mol. The molecule has 0 spiro atoms. The number of hydrogen-bond acceptors (Lipinski definition) is 4. The maximum atomic E-state index is 9.85. The van der Waals surface area contributed by atoms with Crippen LogP contribution in [0.3, 0.4) is 0 Å². The molecule has 0 aromatic heterocycles. The Morgan fingerprint density at radius 3 is 2.67 bits per heavy atom. The predicted molar refractivity (Wildman–Crippen MR) is 82.4 cm³/mol. The van der Waals surface area contributed by atoms with Gasteiger partial charge in [0.25, 0.3) is 0 Å². The van der Waals surface area contributed by atoms with Crippen molar-refractivity contribution in [1.29, 1.82) is 0 Å². The van der Waals surface area contributed by atoms with Gasteiger partial charge in [-0.05, 0) is 35.3 Å². The Morgan fingerprint density at radius 1 is 1.14 bits per heavy atom. The highest BCUT2D eigenvalue weighted by molar-refractivity contribution is 6.61. The van der Waals surface area contributed by atoms with Crippen molar-refractivity contribution in [2.75, 3.05) is 14.2 Å². The molecule has 1 N–H and O–H groups in total. The third-order valence-corrected chi connectivity index (χ3v) is 3.90.